The van der Waals surface area contributed by atoms with Gasteiger partial charge in [0.2, 0.25) is 5.13 Å². The van der Waals surface area contributed by atoms with Crippen LogP contribution >= 0.6 is 27.3 Å². The molecule has 0 saturated carbocycles. The number of amides is 1. The number of carbonyl (C=O) groups excluding carboxylic acids is 2. The second kappa shape index (κ2) is 9.42. The number of halogens is 1. The second-order valence-electron chi connectivity index (χ2n) is 6.95. The first-order valence-electron chi connectivity index (χ1n) is 9.64. The lowest BCUT2D eigenvalue weighted by Crippen LogP contribution is -2.25. The van der Waals surface area contributed by atoms with Crippen LogP contribution in [-0.4, -0.2) is 30.2 Å². The molecule has 3 aromatic carbocycles. The number of hydrogen-bond acceptors (Lipinski definition) is 6. The molecule has 0 atom stereocenters. The van der Waals surface area contributed by atoms with Crippen LogP contribution in [0.5, 0.6) is 0 Å². The number of hydrogen-bond donors (Lipinski definition) is 0. The summed E-state index contributed by atoms with van der Waals surface area (Å²) >= 11 is 4.80. The topological polar surface area (TPSA) is 71.9 Å². The van der Waals surface area contributed by atoms with Crippen molar-refractivity contribution in [1.82, 2.24) is 4.98 Å². The third-order valence-electron chi connectivity index (χ3n) is 4.65. The van der Waals surface area contributed by atoms with Crippen LogP contribution in [0.1, 0.15) is 31.8 Å². The van der Waals surface area contributed by atoms with E-state index in [2.05, 4.69) is 26.0 Å². The van der Waals surface area contributed by atoms with Gasteiger partial charge in [-0.05, 0) is 66.6 Å². The van der Waals surface area contributed by atoms with Crippen LogP contribution in [0.2, 0.25) is 0 Å². The van der Waals surface area contributed by atoms with Crippen molar-refractivity contribution in [3.63, 3.8) is 0 Å². The molecule has 0 spiro atoms. The van der Waals surface area contributed by atoms with E-state index in [4.69, 9.17) is 4.74 Å². The lowest BCUT2D eigenvalue weighted by Gasteiger charge is -2.14. The molecule has 1 heterocycles. The maximum absolute atomic E-state index is 13.4. The Hall–Kier alpha value is -3.36. The van der Waals surface area contributed by atoms with E-state index in [1.807, 2.05) is 49.4 Å². The Kier molecular flexibility index (Phi) is 6.43. The number of carbonyl (C=O) groups is 2. The molecular weight excluding hydrogens is 490 g/mol. The zero-order valence-corrected chi connectivity index (χ0v) is 19.7. The van der Waals surface area contributed by atoms with Crippen LogP contribution < -0.4 is 5.01 Å². The van der Waals surface area contributed by atoms with E-state index in [-0.39, 0.29) is 5.91 Å². The molecule has 6 nitrogen and oxygen atoms in total. The van der Waals surface area contributed by atoms with Gasteiger partial charge in [0, 0.05) is 10.0 Å². The number of thiazole rings is 1. The summed E-state index contributed by atoms with van der Waals surface area (Å²) in [5, 5.41) is 6.21. The van der Waals surface area contributed by atoms with E-state index in [1.165, 1.54) is 23.5 Å². The first-order chi connectivity index (χ1) is 15.4. The van der Waals surface area contributed by atoms with Crippen molar-refractivity contribution in [3.8, 4) is 0 Å². The summed E-state index contributed by atoms with van der Waals surface area (Å²) in [5.41, 5.74) is 3.49. The van der Waals surface area contributed by atoms with Crippen molar-refractivity contribution in [3.05, 3.63) is 93.5 Å². The Morgan fingerprint density at radius 2 is 1.72 bits per heavy atom. The van der Waals surface area contributed by atoms with Crippen LogP contribution in [0.15, 0.2) is 76.3 Å². The van der Waals surface area contributed by atoms with Crippen molar-refractivity contribution in [1.29, 1.82) is 0 Å². The van der Waals surface area contributed by atoms with Gasteiger partial charge in [0.1, 0.15) is 0 Å². The first kappa shape index (κ1) is 21.9. The van der Waals surface area contributed by atoms with Crippen LogP contribution in [0, 0.1) is 6.92 Å². The summed E-state index contributed by atoms with van der Waals surface area (Å²) in [7, 11) is 1.31. The molecule has 32 heavy (non-hydrogen) atoms. The zero-order chi connectivity index (χ0) is 22.7. The predicted molar refractivity (Wildman–Crippen MR) is 131 cm³/mol. The van der Waals surface area contributed by atoms with Crippen LogP contribution in [0.25, 0.3) is 10.2 Å². The second-order valence-corrected chi connectivity index (χ2v) is 8.87. The number of anilines is 1. The van der Waals surface area contributed by atoms with Gasteiger partial charge in [-0.3, -0.25) is 4.79 Å². The first-order valence-corrected chi connectivity index (χ1v) is 11.2. The monoisotopic (exact) mass is 507 g/mol. The molecule has 0 bridgehead atoms. The molecule has 160 valence electrons. The van der Waals surface area contributed by atoms with Gasteiger partial charge in [0.15, 0.2) is 0 Å². The fourth-order valence-electron chi connectivity index (χ4n) is 2.96. The molecule has 0 aliphatic heterocycles. The quantitative estimate of drug-likeness (QED) is 0.193. The summed E-state index contributed by atoms with van der Waals surface area (Å²) in [6.07, 6.45) is 1.62. The van der Waals surface area contributed by atoms with Crippen LogP contribution in [0.3, 0.4) is 0 Å². The molecule has 0 saturated heterocycles. The maximum atomic E-state index is 13.4. The Balaban J connectivity index is 1.72. The van der Waals surface area contributed by atoms with Crippen LogP contribution in [0.4, 0.5) is 5.13 Å². The standard InChI is InChI=1S/C24H18BrN3O3S/c1-15-3-12-20-21(13-15)32-24(27-20)28(26-14-16-4-10-19(25)11-5-16)22(29)17-6-8-18(9-7-17)23(30)31-2/h3-14H,1-2H3/b26-14+. The molecule has 8 heteroatoms. The molecule has 0 N–H and O–H groups in total. The molecule has 1 aromatic heterocycles. The highest BCUT2D eigenvalue weighted by molar-refractivity contribution is 9.10. The Labute approximate surface area is 197 Å². The van der Waals surface area contributed by atoms with Gasteiger partial charge in [0.25, 0.3) is 5.91 Å². The summed E-state index contributed by atoms with van der Waals surface area (Å²) in [4.78, 5) is 29.7. The molecule has 0 aliphatic rings. The molecule has 0 unspecified atom stereocenters. The van der Waals surface area contributed by atoms with Gasteiger partial charge in [-0.15, -0.1) is 0 Å². The van der Waals surface area contributed by atoms with Crippen molar-refractivity contribution >= 4 is 60.7 Å². The summed E-state index contributed by atoms with van der Waals surface area (Å²) in [6.45, 7) is 2.01. The zero-order valence-electron chi connectivity index (χ0n) is 17.3. The van der Waals surface area contributed by atoms with E-state index in [0.29, 0.717) is 16.3 Å². The normalized spacial score (nSPS) is 11.1. The van der Waals surface area contributed by atoms with Crippen molar-refractivity contribution in [2.24, 2.45) is 5.10 Å². The van der Waals surface area contributed by atoms with E-state index < -0.39 is 5.97 Å². The minimum atomic E-state index is -0.462. The molecule has 0 fully saturated rings. The summed E-state index contributed by atoms with van der Waals surface area (Å²) < 4.78 is 6.65. The number of aromatic nitrogens is 1. The molecule has 4 aromatic rings. The number of benzene rings is 3. The van der Waals surface area contributed by atoms with Gasteiger partial charge >= 0.3 is 5.97 Å². The number of nitrogens with zero attached hydrogens (tertiary/aromatic N) is 3. The highest BCUT2D eigenvalue weighted by atomic mass is 79.9. The number of ether oxygens (including phenoxy) is 1. The SMILES string of the molecule is COC(=O)c1ccc(C(=O)N(/N=C/c2ccc(Br)cc2)c2nc3ccc(C)cc3s2)cc1. The van der Waals surface area contributed by atoms with E-state index in [0.717, 1.165) is 25.8 Å². The third-order valence-corrected chi connectivity index (χ3v) is 6.17. The maximum Gasteiger partial charge on any atom is 0.337 e. The Morgan fingerprint density at radius 1 is 1.03 bits per heavy atom. The average molecular weight is 508 g/mol. The minimum absolute atomic E-state index is 0.356. The molecule has 1 amide bonds. The van der Waals surface area contributed by atoms with E-state index >= 15 is 0 Å². The number of esters is 1. The lowest BCUT2D eigenvalue weighted by molar-refractivity contribution is 0.0600. The predicted octanol–water partition coefficient (Wildman–Crippen LogP) is 5.83. The lowest BCUT2D eigenvalue weighted by atomic mass is 10.1. The van der Waals surface area contributed by atoms with Crippen molar-refractivity contribution in [2.45, 2.75) is 6.92 Å². The molecule has 4 rings (SSSR count). The number of methoxy groups -OCH3 is 1. The number of fused-ring (bicyclic) bond motifs is 1. The van der Waals surface area contributed by atoms with Gasteiger partial charge < -0.3 is 4.74 Å². The van der Waals surface area contributed by atoms with Gasteiger partial charge in [-0.2, -0.15) is 10.1 Å². The number of rotatable bonds is 5. The summed E-state index contributed by atoms with van der Waals surface area (Å²) in [5.74, 6) is -0.818. The Morgan fingerprint density at radius 3 is 2.41 bits per heavy atom. The van der Waals surface area contributed by atoms with E-state index in [1.54, 1.807) is 30.5 Å². The number of hydrazone groups is 1. The van der Waals surface area contributed by atoms with Gasteiger partial charge in [-0.25, -0.2) is 9.78 Å². The molecular formula is C24H18BrN3O3S. The van der Waals surface area contributed by atoms with E-state index in [9.17, 15) is 9.59 Å². The highest BCUT2D eigenvalue weighted by Gasteiger charge is 2.21. The molecule has 0 radical (unpaired) electrons. The largest absolute Gasteiger partial charge is 0.465 e. The van der Waals surface area contributed by atoms with Crippen LogP contribution in [-0.2, 0) is 4.74 Å². The highest BCUT2D eigenvalue weighted by Crippen LogP contribution is 2.30. The van der Waals surface area contributed by atoms with Gasteiger partial charge in [-0.1, -0.05) is 45.5 Å². The molecule has 0 aliphatic carbocycles. The summed E-state index contributed by atoms with van der Waals surface area (Å²) in [6, 6.07) is 19.8. The number of aryl methyl sites for hydroxylation is 1. The fourth-order valence-corrected chi connectivity index (χ4v) is 4.25. The average Bonchev–Trinajstić information content (AvgIpc) is 3.22. The van der Waals surface area contributed by atoms with Gasteiger partial charge in [0.05, 0.1) is 29.1 Å². The smallest absolute Gasteiger partial charge is 0.337 e. The van der Waals surface area contributed by atoms with Crippen molar-refractivity contribution in [2.75, 3.05) is 12.1 Å². The fraction of sp³-hybridized carbons (Fsp3) is 0.0833. The third kappa shape index (κ3) is 4.76. The minimum Gasteiger partial charge on any atom is -0.465 e. The van der Waals surface area contributed by atoms with Crippen molar-refractivity contribution < 1.29 is 14.3 Å². The Bertz CT molecular complexity index is 1310.